The standard InChI is InChI=1S/C20H28N4O5S/c1-6-23-7-9-24(10-8-23)19(25)13(2)30-20-22-21-18(29-20)14-11-15(26-3)17(28-5)16(12-14)27-4/h11-13H,6-10H2,1-5H3/t13-/m1/s1. The van der Waals surface area contributed by atoms with Gasteiger partial charge < -0.3 is 28.4 Å². The highest BCUT2D eigenvalue weighted by molar-refractivity contribution is 8.00. The van der Waals surface area contributed by atoms with E-state index in [4.69, 9.17) is 18.6 Å². The van der Waals surface area contributed by atoms with Crippen molar-refractivity contribution in [2.75, 3.05) is 54.1 Å². The molecule has 0 saturated carbocycles. The van der Waals surface area contributed by atoms with Crippen LogP contribution in [0.5, 0.6) is 17.2 Å². The lowest BCUT2D eigenvalue weighted by Crippen LogP contribution is -2.50. The van der Waals surface area contributed by atoms with Gasteiger partial charge in [-0.05, 0) is 25.6 Å². The molecule has 164 valence electrons. The Labute approximate surface area is 180 Å². The zero-order valence-corrected chi connectivity index (χ0v) is 18.8. The Morgan fingerprint density at radius 2 is 1.73 bits per heavy atom. The topological polar surface area (TPSA) is 90.2 Å². The predicted octanol–water partition coefficient (Wildman–Crippen LogP) is 2.41. The van der Waals surface area contributed by atoms with Gasteiger partial charge in [-0.3, -0.25) is 4.79 Å². The Morgan fingerprint density at radius 1 is 1.10 bits per heavy atom. The van der Waals surface area contributed by atoms with Crippen molar-refractivity contribution in [1.82, 2.24) is 20.0 Å². The summed E-state index contributed by atoms with van der Waals surface area (Å²) in [5, 5.41) is 8.24. The van der Waals surface area contributed by atoms with Gasteiger partial charge in [-0.1, -0.05) is 18.7 Å². The van der Waals surface area contributed by atoms with Crippen molar-refractivity contribution >= 4 is 17.7 Å². The second kappa shape index (κ2) is 10.0. The van der Waals surface area contributed by atoms with Crippen LogP contribution in [0.1, 0.15) is 13.8 Å². The Bertz CT molecular complexity index is 842. The first-order chi connectivity index (χ1) is 14.5. The SMILES string of the molecule is CCN1CCN(C(=O)[C@@H](C)Sc2nnc(-c3cc(OC)c(OC)c(OC)c3)o2)CC1. The minimum Gasteiger partial charge on any atom is -0.493 e. The van der Waals surface area contributed by atoms with Crippen molar-refractivity contribution in [2.45, 2.75) is 24.3 Å². The monoisotopic (exact) mass is 436 g/mol. The molecule has 0 bridgehead atoms. The summed E-state index contributed by atoms with van der Waals surface area (Å²) in [5.74, 6) is 1.87. The predicted molar refractivity (Wildman–Crippen MR) is 113 cm³/mol. The number of ether oxygens (including phenoxy) is 3. The Kier molecular flexibility index (Phi) is 7.43. The molecule has 30 heavy (non-hydrogen) atoms. The third-order valence-corrected chi connectivity index (χ3v) is 6.00. The normalized spacial score (nSPS) is 15.7. The lowest BCUT2D eigenvalue weighted by atomic mass is 10.2. The molecule has 0 aliphatic carbocycles. The van der Waals surface area contributed by atoms with Crippen LogP contribution in [-0.2, 0) is 4.79 Å². The average Bonchev–Trinajstić information content (AvgIpc) is 3.25. The molecule has 3 rings (SSSR count). The molecule has 10 heteroatoms. The lowest BCUT2D eigenvalue weighted by Gasteiger charge is -2.35. The van der Waals surface area contributed by atoms with E-state index in [0.29, 0.717) is 33.9 Å². The number of thioether (sulfide) groups is 1. The van der Waals surface area contributed by atoms with E-state index in [2.05, 4.69) is 22.0 Å². The van der Waals surface area contributed by atoms with Crippen LogP contribution < -0.4 is 14.2 Å². The van der Waals surface area contributed by atoms with Gasteiger partial charge in [-0.15, -0.1) is 10.2 Å². The Morgan fingerprint density at radius 3 is 2.27 bits per heavy atom. The fraction of sp³-hybridized carbons (Fsp3) is 0.550. The van der Waals surface area contributed by atoms with Gasteiger partial charge in [0.05, 0.1) is 26.6 Å². The number of rotatable bonds is 8. The summed E-state index contributed by atoms with van der Waals surface area (Å²) < 4.78 is 21.9. The number of hydrogen-bond donors (Lipinski definition) is 0. The summed E-state index contributed by atoms with van der Waals surface area (Å²) in [4.78, 5) is 17.0. The van der Waals surface area contributed by atoms with E-state index in [1.807, 2.05) is 11.8 Å². The van der Waals surface area contributed by atoms with Crippen LogP contribution in [0.25, 0.3) is 11.5 Å². The number of hydrogen-bond acceptors (Lipinski definition) is 9. The molecule has 2 aromatic rings. The zero-order chi connectivity index (χ0) is 21.7. The molecule has 1 atom stereocenters. The van der Waals surface area contributed by atoms with Crippen LogP contribution in [0.2, 0.25) is 0 Å². The van der Waals surface area contributed by atoms with E-state index in [9.17, 15) is 4.79 Å². The van der Waals surface area contributed by atoms with Gasteiger partial charge in [0.25, 0.3) is 5.22 Å². The van der Waals surface area contributed by atoms with Crippen LogP contribution in [0.3, 0.4) is 0 Å². The van der Waals surface area contributed by atoms with Gasteiger partial charge in [0.15, 0.2) is 11.5 Å². The molecule has 0 N–H and O–H groups in total. The molecule has 0 spiro atoms. The van der Waals surface area contributed by atoms with Crippen molar-refractivity contribution in [3.8, 4) is 28.7 Å². The van der Waals surface area contributed by atoms with Gasteiger partial charge in [0, 0.05) is 31.7 Å². The Balaban J connectivity index is 1.70. The smallest absolute Gasteiger partial charge is 0.277 e. The molecular weight excluding hydrogens is 408 g/mol. The second-order valence-electron chi connectivity index (χ2n) is 6.81. The van der Waals surface area contributed by atoms with Gasteiger partial charge >= 0.3 is 0 Å². The highest BCUT2D eigenvalue weighted by Crippen LogP contribution is 2.41. The number of aromatic nitrogens is 2. The summed E-state index contributed by atoms with van der Waals surface area (Å²) in [5.41, 5.74) is 0.638. The van der Waals surface area contributed by atoms with Crippen molar-refractivity contribution in [1.29, 1.82) is 0 Å². The van der Waals surface area contributed by atoms with Gasteiger partial charge in [0.1, 0.15) is 0 Å². The molecule has 1 aliphatic rings. The van der Waals surface area contributed by atoms with Crippen molar-refractivity contribution in [3.63, 3.8) is 0 Å². The minimum absolute atomic E-state index is 0.0864. The fourth-order valence-corrected chi connectivity index (χ4v) is 4.09. The molecule has 1 aromatic carbocycles. The first-order valence-corrected chi connectivity index (χ1v) is 10.7. The van der Waals surface area contributed by atoms with E-state index in [0.717, 1.165) is 32.7 Å². The first-order valence-electron chi connectivity index (χ1n) is 9.82. The lowest BCUT2D eigenvalue weighted by molar-refractivity contribution is -0.132. The highest BCUT2D eigenvalue weighted by atomic mass is 32.2. The van der Waals surface area contributed by atoms with Crippen molar-refractivity contribution < 1.29 is 23.4 Å². The summed E-state index contributed by atoms with van der Waals surface area (Å²) in [6.07, 6.45) is 0. The third kappa shape index (κ3) is 4.81. The molecule has 0 unspecified atom stereocenters. The number of likely N-dealkylation sites (N-methyl/N-ethyl adjacent to an activating group) is 1. The summed E-state index contributed by atoms with van der Waals surface area (Å²) in [6, 6.07) is 3.48. The van der Waals surface area contributed by atoms with E-state index >= 15 is 0 Å². The first kappa shape index (κ1) is 22.2. The van der Waals surface area contributed by atoms with Crippen LogP contribution in [0.4, 0.5) is 0 Å². The summed E-state index contributed by atoms with van der Waals surface area (Å²) >= 11 is 1.26. The van der Waals surface area contributed by atoms with E-state index in [-0.39, 0.29) is 11.2 Å². The highest BCUT2D eigenvalue weighted by Gasteiger charge is 2.27. The maximum Gasteiger partial charge on any atom is 0.277 e. The summed E-state index contributed by atoms with van der Waals surface area (Å²) in [6.45, 7) is 8.32. The number of benzene rings is 1. The van der Waals surface area contributed by atoms with Crippen LogP contribution in [0, 0.1) is 0 Å². The molecule has 2 heterocycles. The number of amides is 1. The number of carbonyl (C=O) groups excluding carboxylic acids is 1. The molecule has 9 nitrogen and oxygen atoms in total. The number of methoxy groups -OCH3 is 3. The quantitative estimate of drug-likeness (QED) is 0.579. The molecule has 1 aromatic heterocycles. The van der Waals surface area contributed by atoms with E-state index < -0.39 is 0 Å². The largest absolute Gasteiger partial charge is 0.493 e. The van der Waals surface area contributed by atoms with Gasteiger partial charge in [0.2, 0.25) is 17.5 Å². The van der Waals surface area contributed by atoms with Crippen molar-refractivity contribution in [2.24, 2.45) is 0 Å². The van der Waals surface area contributed by atoms with Crippen LogP contribution in [0.15, 0.2) is 21.8 Å². The second-order valence-corrected chi connectivity index (χ2v) is 8.10. The number of piperazine rings is 1. The molecule has 1 amide bonds. The third-order valence-electron chi connectivity index (χ3n) is 5.07. The molecule has 1 saturated heterocycles. The summed E-state index contributed by atoms with van der Waals surface area (Å²) in [7, 11) is 4.63. The van der Waals surface area contributed by atoms with Gasteiger partial charge in [-0.2, -0.15) is 0 Å². The number of carbonyl (C=O) groups is 1. The van der Waals surface area contributed by atoms with Crippen LogP contribution >= 0.6 is 11.8 Å². The molecule has 0 radical (unpaired) electrons. The number of nitrogens with zero attached hydrogens (tertiary/aromatic N) is 4. The van der Waals surface area contributed by atoms with E-state index in [1.54, 1.807) is 33.5 Å². The molecular formula is C20H28N4O5S. The fourth-order valence-electron chi connectivity index (χ4n) is 3.32. The molecule has 1 aliphatic heterocycles. The average molecular weight is 437 g/mol. The van der Waals surface area contributed by atoms with Crippen molar-refractivity contribution in [3.05, 3.63) is 12.1 Å². The molecule has 1 fully saturated rings. The Hall–Kier alpha value is -2.46. The minimum atomic E-state index is -0.314. The zero-order valence-electron chi connectivity index (χ0n) is 18.0. The van der Waals surface area contributed by atoms with E-state index in [1.165, 1.54) is 11.8 Å². The van der Waals surface area contributed by atoms with Crippen LogP contribution in [-0.4, -0.2) is 85.2 Å². The maximum absolute atomic E-state index is 12.8. The van der Waals surface area contributed by atoms with Gasteiger partial charge in [-0.25, -0.2) is 0 Å². The maximum atomic E-state index is 12.8.